The zero-order valence-electron chi connectivity index (χ0n) is 13.5. The van der Waals surface area contributed by atoms with Crippen molar-refractivity contribution in [1.82, 2.24) is 10.6 Å². The van der Waals surface area contributed by atoms with Crippen LogP contribution in [0.3, 0.4) is 0 Å². The average molecular weight is 314 g/mol. The summed E-state index contributed by atoms with van der Waals surface area (Å²) in [7, 11) is 3.26. The van der Waals surface area contributed by atoms with Crippen LogP contribution in [0.4, 0.5) is 4.79 Å². The lowest BCUT2D eigenvalue weighted by molar-refractivity contribution is 0.240. The lowest BCUT2D eigenvalue weighted by atomic mass is 10.1. The molecule has 2 N–H and O–H groups in total. The van der Waals surface area contributed by atoms with E-state index in [9.17, 15) is 4.79 Å². The SMILES string of the molecule is COc1ccc(CCNC(=O)NCc2ccccc2OC)cc1. The van der Waals surface area contributed by atoms with Gasteiger partial charge in [-0.25, -0.2) is 4.79 Å². The molecule has 2 rings (SSSR count). The Morgan fingerprint density at radius 1 is 0.957 bits per heavy atom. The van der Waals surface area contributed by atoms with E-state index in [2.05, 4.69) is 10.6 Å². The molecule has 0 atom stereocenters. The van der Waals surface area contributed by atoms with Crippen molar-refractivity contribution in [2.24, 2.45) is 0 Å². The number of urea groups is 1. The van der Waals surface area contributed by atoms with E-state index in [1.54, 1.807) is 14.2 Å². The molecular weight excluding hydrogens is 292 g/mol. The second-order valence-electron chi connectivity index (χ2n) is 5.02. The molecule has 0 spiro atoms. The Bertz CT molecular complexity index is 626. The highest BCUT2D eigenvalue weighted by Gasteiger charge is 2.04. The molecule has 0 fully saturated rings. The van der Waals surface area contributed by atoms with Gasteiger partial charge in [-0.3, -0.25) is 0 Å². The van der Waals surface area contributed by atoms with E-state index >= 15 is 0 Å². The molecule has 2 amide bonds. The fourth-order valence-electron chi connectivity index (χ4n) is 2.20. The first-order chi connectivity index (χ1) is 11.2. The predicted molar refractivity (Wildman–Crippen MR) is 89.9 cm³/mol. The van der Waals surface area contributed by atoms with Gasteiger partial charge in [-0.2, -0.15) is 0 Å². The molecule has 0 aliphatic heterocycles. The van der Waals surface area contributed by atoms with E-state index in [1.165, 1.54) is 0 Å². The molecule has 0 bridgehead atoms. The van der Waals surface area contributed by atoms with Gasteiger partial charge < -0.3 is 20.1 Å². The third-order valence-corrected chi connectivity index (χ3v) is 3.49. The minimum Gasteiger partial charge on any atom is -0.497 e. The monoisotopic (exact) mass is 314 g/mol. The van der Waals surface area contributed by atoms with Crippen LogP contribution in [0.2, 0.25) is 0 Å². The van der Waals surface area contributed by atoms with Gasteiger partial charge in [-0.05, 0) is 30.2 Å². The third kappa shape index (κ3) is 5.21. The number of amides is 2. The number of hydrogen-bond acceptors (Lipinski definition) is 3. The van der Waals surface area contributed by atoms with Crippen molar-refractivity contribution in [3.63, 3.8) is 0 Å². The van der Waals surface area contributed by atoms with Gasteiger partial charge in [-0.1, -0.05) is 30.3 Å². The van der Waals surface area contributed by atoms with Crippen molar-refractivity contribution in [3.8, 4) is 11.5 Å². The summed E-state index contributed by atoms with van der Waals surface area (Å²) in [5, 5.41) is 5.67. The Hall–Kier alpha value is -2.69. The molecule has 0 unspecified atom stereocenters. The maximum Gasteiger partial charge on any atom is 0.315 e. The van der Waals surface area contributed by atoms with Crippen molar-refractivity contribution in [2.75, 3.05) is 20.8 Å². The summed E-state index contributed by atoms with van der Waals surface area (Å²) >= 11 is 0. The van der Waals surface area contributed by atoms with Crippen LogP contribution in [0, 0.1) is 0 Å². The molecule has 5 heteroatoms. The maximum atomic E-state index is 11.8. The van der Waals surface area contributed by atoms with Crippen LogP contribution in [0.1, 0.15) is 11.1 Å². The first-order valence-corrected chi connectivity index (χ1v) is 7.49. The van der Waals surface area contributed by atoms with E-state index in [1.807, 2.05) is 48.5 Å². The summed E-state index contributed by atoms with van der Waals surface area (Å²) in [6, 6.07) is 15.2. The molecule has 0 aromatic heterocycles. The van der Waals surface area contributed by atoms with Crippen LogP contribution in [-0.2, 0) is 13.0 Å². The molecule has 23 heavy (non-hydrogen) atoms. The van der Waals surface area contributed by atoms with E-state index in [4.69, 9.17) is 9.47 Å². The van der Waals surface area contributed by atoms with Gasteiger partial charge in [0.15, 0.2) is 0 Å². The van der Waals surface area contributed by atoms with E-state index in [-0.39, 0.29) is 6.03 Å². The predicted octanol–water partition coefficient (Wildman–Crippen LogP) is 2.75. The van der Waals surface area contributed by atoms with Crippen LogP contribution < -0.4 is 20.1 Å². The van der Waals surface area contributed by atoms with E-state index in [0.717, 1.165) is 29.0 Å². The molecular formula is C18H22N2O3. The standard InChI is InChI=1S/C18H22N2O3/c1-22-16-9-7-14(8-10-16)11-12-19-18(21)20-13-15-5-3-4-6-17(15)23-2/h3-10H,11-13H2,1-2H3,(H2,19,20,21). The summed E-state index contributed by atoms with van der Waals surface area (Å²) in [5.41, 5.74) is 2.09. The Labute approximate surface area is 136 Å². The van der Waals surface area contributed by atoms with E-state index in [0.29, 0.717) is 13.1 Å². The van der Waals surface area contributed by atoms with Gasteiger partial charge in [0.2, 0.25) is 0 Å². The van der Waals surface area contributed by atoms with Gasteiger partial charge >= 0.3 is 6.03 Å². The minimum absolute atomic E-state index is 0.190. The zero-order chi connectivity index (χ0) is 16.5. The van der Waals surface area contributed by atoms with Gasteiger partial charge in [0, 0.05) is 18.7 Å². The van der Waals surface area contributed by atoms with Crippen molar-refractivity contribution in [3.05, 3.63) is 59.7 Å². The van der Waals surface area contributed by atoms with E-state index < -0.39 is 0 Å². The number of ether oxygens (including phenoxy) is 2. The van der Waals surface area contributed by atoms with Crippen LogP contribution in [0.5, 0.6) is 11.5 Å². The maximum absolute atomic E-state index is 11.8. The Morgan fingerprint density at radius 2 is 1.70 bits per heavy atom. The number of hydrogen-bond donors (Lipinski definition) is 2. The van der Waals surface area contributed by atoms with Gasteiger partial charge in [0.25, 0.3) is 0 Å². The highest BCUT2D eigenvalue weighted by Crippen LogP contribution is 2.16. The summed E-state index contributed by atoms with van der Waals surface area (Å²) in [4.78, 5) is 11.8. The number of carbonyl (C=O) groups excluding carboxylic acids is 1. The zero-order valence-corrected chi connectivity index (χ0v) is 13.5. The third-order valence-electron chi connectivity index (χ3n) is 3.49. The lowest BCUT2D eigenvalue weighted by Crippen LogP contribution is -2.36. The first kappa shape index (κ1) is 16.7. The smallest absolute Gasteiger partial charge is 0.315 e. The summed E-state index contributed by atoms with van der Waals surface area (Å²) in [6.45, 7) is 1.00. The Balaban J connectivity index is 1.72. The number of carbonyl (C=O) groups is 1. The van der Waals surface area contributed by atoms with Crippen molar-refractivity contribution >= 4 is 6.03 Å². The highest BCUT2D eigenvalue weighted by molar-refractivity contribution is 5.73. The fourth-order valence-corrected chi connectivity index (χ4v) is 2.20. The Kier molecular flexibility index (Phi) is 6.29. The van der Waals surface area contributed by atoms with Crippen molar-refractivity contribution in [1.29, 1.82) is 0 Å². The molecule has 0 saturated heterocycles. The molecule has 2 aromatic rings. The number of para-hydroxylation sites is 1. The molecule has 2 aromatic carbocycles. The second kappa shape index (κ2) is 8.68. The fraction of sp³-hybridized carbons (Fsp3) is 0.278. The highest BCUT2D eigenvalue weighted by atomic mass is 16.5. The molecule has 0 radical (unpaired) electrons. The molecule has 0 aliphatic rings. The van der Waals surface area contributed by atoms with Crippen molar-refractivity contribution < 1.29 is 14.3 Å². The summed E-state index contributed by atoms with van der Waals surface area (Å²) < 4.78 is 10.4. The molecule has 0 heterocycles. The van der Waals surface area contributed by atoms with Crippen LogP contribution >= 0.6 is 0 Å². The molecule has 0 aliphatic carbocycles. The lowest BCUT2D eigenvalue weighted by Gasteiger charge is -2.10. The quantitative estimate of drug-likeness (QED) is 0.826. The number of rotatable bonds is 7. The number of nitrogens with one attached hydrogen (secondary N) is 2. The summed E-state index contributed by atoms with van der Waals surface area (Å²) in [5.74, 6) is 1.60. The van der Waals surface area contributed by atoms with Crippen LogP contribution in [0.15, 0.2) is 48.5 Å². The van der Waals surface area contributed by atoms with Crippen LogP contribution in [0.25, 0.3) is 0 Å². The van der Waals surface area contributed by atoms with Gasteiger partial charge in [0.1, 0.15) is 11.5 Å². The number of benzene rings is 2. The van der Waals surface area contributed by atoms with Crippen LogP contribution in [-0.4, -0.2) is 26.8 Å². The first-order valence-electron chi connectivity index (χ1n) is 7.49. The minimum atomic E-state index is -0.190. The van der Waals surface area contributed by atoms with Gasteiger partial charge in [-0.15, -0.1) is 0 Å². The van der Waals surface area contributed by atoms with Gasteiger partial charge in [0.05, 0.1) is 14.2 Å². The molecule has 0 saturated carbocycles. The topological polar surface area (TPSA) is 59.6 Å². The average Bonchev–Trinajstić information content (AvgIpc) is 2.60. The largest absolute Gasteiger partial charge is 0.497 e. The van der Waals surface area contributed by atoms with Crippen molar-refractivity contribution in [2.45, 2.75) is 13.0 Å². The summed E-state index contributed by atoms with van der Waals surface area (Å²) in [6.07, 6.45) is 0.770. The second-order valence-corrected chi connectivity index (χ2v) is 5.02. The Morgan fingerprint density at radius 3 is 2.39 bits per heavy atom. The molecule has 5 nitrogen and oxygen atoms in total. The normalized spacial score (nSPS) is 10.0. The molecule has 122 valence electrons. The number of methoxy groups -OCH3 is 2.